The summed E-state index contributed by atoms with van der Waals surface area (Å²) in [5.41, 5.74) is 0.478. The van der Waals surface area contributed by atoms with Crippen molar-refractivity contribution in [1.82, 2.24) is 0 Å². The van der Waals surface area contributed by atoms with Gasteiger partial charge >= 0.3 is 5.97 Å². The predicted molar refractivity (Wildman–Crippen MR) is 80.4 cm³/mol. The van der Waals surface area contributed by atoms with E-state index in [9.17, 15) is 4.79 Å². The number of carbonyl (C=O) groups is 1. The molecular formula is C16H31FO2. The van der Waals surface area contributed by atoms with Crippen molar-refractivity contribution in [3.8, 4) is 0 Å². The molecule has 0 spiro atoms. The van der Waals surface area contributed by atoms with E-state index in [4.69, 9.17) is 5.11 Å². The summed E-state index contributed by atoms with van der Waals surface area (Å²) in [4.78, 5) is 10.5. The number of hydrogen-bond donors (Lipinski definition) is 1. The van der Waals surface area contributed by atoms with Gasteiger partial charge in [0.1, 0.15) is 0 Å². The zero-order chi connectivity index (χ0) is 13.6. The average Bonchev–Trinajstić information content (AvgIpc) is 2.35. The highest BCUT2D eigenvalue weighted by Crippen LogP contribution is 2.11. The molecule has 2 nitrogen and oxygen atoms in total. The van der Waals surface area contributed by atoms with E-state index in [1.165, 1.54) is 57.8 Å². The number of halogens is 1. The molecule has 0 aliphatic carbocycles. The molecule has 0 aliphatic rings. The molecule has 0 atom stereocenters. The van der Waals surface area contributed by atoms with Crippen molar-refractivity contribution >= 4 is 5.97 Å². The van der Waals surface area contributed by atoms with Crippen molar-refractivity contribution in [3.63, 3.8) is 0 Å². The molecule has 0 rings (SSSR count). The lowest BCUT2D eigenvalue weighted by molar-refractivity contribution is -0.132. The van der Waals surface area contributed by atoms with Crippen molar-refractivity contribution in [3.05, 3.63) is 11.6 Å². The Morgan fingerprint density at radius 3 is 1.74 bits per heavy atom. The average molecular weight is 274 g/mol. The Morgan fingerprint density at radius 2 is 1.32 bits per heavy atom. The summed E-state index contributed by atoms with van der Waals surface area (Å²) in [5, 5.41) is 8.68. The van der Waals surface area contributed by atoms with Crippen LogP contribution in [0.4, 0.5) is 4.70 Å². The van der Waals surface area contributed by atoms with Gasteiger partial charge in [-0.05, 0) is 19.8 Å². The minimum absolute atomic E-state index is 0. The lowest BCUT2D eigenvalue weighted by Crippen LogP contribution is -1.95. The van der Waals surface area contributed by atoms with Gasteiger partial charge in [-0.25, -0.2) is 4.79 Å². The molecule has 19 heavy (non-hydrogen) atoms. The molecule has 0 saturated heterocycles. The molecule has 0 fully saturated rings. The summed E-state index contributed by atoms with van der Waals surface area (Å²) in [6.07, 6.45) is 16.0. The third-order valence-corrected chi connectivity index (χ3v) is 3.35. The molecular weight excluding hydrogens is 243 g/mol. The summed E-state index contributed by atoms with van der Waals surface area (Å²) in [5.74, 6) is -0.790. The van der Waals surface area contributed by atoms with Crippen LogP contribution in [0.1, 0.15) is 84.5 Å². The second-order valence-corrected chi connectivity index (χ2v) is 5.16. The molecule has 0 aromatic heterocycles. The molecule has 0 aromatic rings. The highest BCUT2D eigenvalue weighted by molar-refractivity contribution is 5.85. The summed E-state index contributed by atoms with van der Waals surface area (Å²) in [6.45, 7) is 3.92. The summed E-state index contributed by atoms with van der Waals surface area (Å²) < 4.78 is 0. The van der Waals surface area contributed by atoms with Crippen molar-refractivity contribution in [2.45, 2.75) is 84.5 Å². The first-order valence-electron chi connectivity index (χ1n) is 7.58. The van der Waals surface area contributed by atoms with Gasteiger partial charge in [-0.15, -0.1) is 0 Å². The van der Waals surface area contributed by atoms with Crippen molar-refractivity contribution in [2.24, 2.45) is 0 Å². The van der Waals surface area contributed by atoms with Gasteiger partial charge in [-0.3, -0.25) is 4.70 Å². The van der Waals surface area contributed by atoms with Crippen LogP contribution in [0.15, 0.2) is 11.6 Å². The Hall–Kier alpha value is -0.860. The Labute approximate surface area is 117 Å². The standard InChI is InChI=1S/C16H30O2.FH/c1-3-4-5-6-7-8-9-10-11-12-13-14-15(2)16(17)18;/h14H,3-13H2,1-2H3,(H,17,18);1H. The van der Waals surface area contributed by atoms with E-state index >= 15 is 0 Å². The molecule has 114 valence electrons. The number of carboxylic acids is 1. The monoisotopic (exact) mass is 274 g/mol. The van der Waals surface area contributed by atoms with E-state index in [2.05, 4.69) is 6.92 Å². The van der Waals surface area contributed by atoms with Crippen LogP contribution >= 0.6 is 0 Å². The van der Waals surface area contributed by atoms with Crippen LogP contribution in [0.5, 0.6) is 0 Å². The largest absolute Gasteiger partial charge is 0.478 e. The number of unbranched alkanes of at least 4 members (excludes halogenated alkanes) is 10. The molecule has 0 saturated carbocycles. The van der Waals surface area contributed by atoms with E-state index < -0.39 is 5.97 Å². The van der Waals surface area contributed by atoms with Gasteiger partial charge in [0.2, 0.25) is 0 Å². The molecule has 3 heteroatoms. The smallest absolute Gasteiger partial charge is 0.330 e. The van der Waals surface area contributed by atoms with Crippen LogP contribution in [-0.4, -0.2) is 11.1 Å². The lowest BCUT2D eigenvalue weighted by Gasteiger charge is -2.01. The van der Waals surface area contributed by atoms with Crippen LogP contribution in [0, 0.1) is 0 Å². The summed E-state index contributed by atoms with van der Waals surface area (Å²) in [6, 6.07) is 0. The van der Waals surface area contributed by atoms with E-state index in [1.54, 1.807) is 6.92 Å². The molecule has 0 aromatic carbocycles. The number of hydrogen-bond acceptors (Lipinski definition) is 1. The van der Waals surface area contributed by atoms with E-state index in [0.717, 1.165) is 12.8 Å². The fraction of sp³-hybridized carbons (Fsp3) is 0.812. The maximum Gasteiger partial charge on any atom is 0.330 e. The fourth-order valence-electron chi connectivity index (χ4n) is 2.04. The van der Waals surface area contributed by atoms with Crippen LogP contribution in [0.25, 0.3) is 0 Å². The second kappa shape index (κ2) is 15.2. The second-order valence-electron chi connectivity index (χ2n) is 5.16. The van der Waals surface area contributed by atoms with E-state index in [-0.39, 0.29) is 4.70 Å². The van der Waals surface area contributed by atoms with Crippen LogP contribution in [0.2, 0.25) is 0 Å². The maximum absolute atomic E-state index is 10.5. The van der Waals surface area contributed by atoms with Gasteiger partial charge in [-0.2, -0.15) is 0 Å². The third kappa shape index (κ3) is 15.1. The molecule has 0 bridgehead atoms. The minimum atomic E-state index is -0.790. The number of aliphatic carboxylic acids is 1. The highest BCUT2D eigenvalue weighted by atomic mass is 19.0. The molecule has 1 N–H and O–H groups in total. The quantitative estimate of drug-likeness (QED) is 0.378. The first-order chi connectivity index (χ1) is 8.68. The zero-order valence-electron chi connectivity index (χ0n) is 12.6. The van der Waals surface area contributed by atoms with E-state index in [1.807, 2.05) is 6.08 Å². The number of carboxylic acid groups (broad SMARTS) is 1. The number of allylic oxidation sites excluding steroid dienone is 1. The Kier molecular flexibility index (Phi) is 16.4. The predicted octanol–water partition coefficient (Wildman–Crippen LogP) is 5.48. The fourth-order valence-corrected chi connectivity index (χ4v) is 2.04. The molecule has 0 amide bonds. The normalized spacial score (nSPS) is 11.2. The summed E-state index contributed by atoms with van der Waals surface area (Å²) >= 11 is 0. The topological polar surface area (TPSA) is 37.3 Å². The Balaban J connectivity index is 0. The van der Waals surface area contributed by atoms with Crippen LogP contribution in [-0.2, 0) is 4.79 Å². The lowest BCUT2D eigenvalue weighted by atomic mass is 10.1. The van der Waals surface area contributed by atoms with Crippen molar-refractivity contribution in [2.75, 3.05) is 0 Å². The van der Waals surface area contributed by atoms with Gasteiger partial charge in [0.05, 0.1) is 0 Å². The van der Waals surface area contributed by atoms with Crippen molar-refractivity contribution in [1.29, 1.82) is 0 Å². The molecule has 0 unspecified atom stereocenters. The van der Waals surface area contributed by atoms with Gasteiger partial charge in [0.25, 0.3) is 0 Å². The third-order valence-electron chi connectivity index (χ3n) is 3.35. The first kappa shape index (κ1) is 20.5. The zero-order valence-corrected chi connectivity index (χ0v) is 12.6. The number of rotatable bonds is 12. The molecule has 0 radical (unpaired) electrons. The SMILES string of the molecule is CCCCCCCCCCCCC=C(C)C(=O)O.F. The van der Waals surface area contributed by atoms with Gasteiger partial charge in [0, 0.05) is 5.57 Å². The minimum Gasteiger partial charge on any atom is -0.478 e. The maximum atomic E-state index is 10.5. The molecule has 0 aliphatic heterocycles. The Bertz CT molecular complexity index is 237. The van der Waals surface area contributed by atoms with Crippen molar-refractivity contribution < 1.29 is 14.6 Å². The van der Waals surface area contributed by atoms with Crippen LogP contribution < -0.4 is 0 Å². The van der Waals surface area contributed by atoms with E-state index in [0.29, 0.717) is 5.57 Å². The van der Waals surface area contributed by atoms with Crippen LogP contribution in [0.3, 0.4) is 0 Å². The van der Waals surface area contributed by atoms with Gasteiger partial charge in [0.15, 0.2) is 0 Å². The molecule has 0 heterocycles. The van der Waals surface area contributed by atoms with Gasteiger partial charge < -0.3 is 5.11 Å². The summed E-state index contributed by atoms with van der Waals surface area (Å²) in [7, 11) is 0. The Morgan fingerprint density at radius 1 is 0.895 bits per heavy atom. The van der Waals surface area contributed by atoms with Gasteiger partial charge in [-0.1, -0.05) is 70.8 Å². The highest BCUT2D eigenvalue weighted by Gasteiger charge is 1.97. The first-order valence-corrected chi connectivity index (χ1v) is 7.58.